The second kappa shape index (κ2) is 4.45. The molecule has 1 atom stereocenters. The predicted octanol–water partition coefficient (Wildman–Crippen LogP) is 1.59. The van der Waals surface area contributed by atoms with Crippen LogP contribution in [0.1, 0.15) is 26.7 Å². The lowest BCUT2D eigenvalue weighted by atomic mass is 10.0. The van der Waals surface area contributed by atoms with E-state index in [1.54, 1.807) is 6.92 Å². The minimum absolute atomic E-state index is 0.579. The molecular weight excluding hydrogens is 128 g/mol. The van der Waals surface area contributed by atoms with Crippen molar-refractivity contribution < 1.29 is 9.53 Å². The molecule has 0 spiro atoms. The molecule has 0 fully saturated rings. The van der Waals surface area contributed by atoms with Crippen molar-refractivity contribution in [3.63, 3.8) is 0 Å². The van der Waals surface area contributed by atoms with Crippen molar-refractivity contribution in [1.82, 2.24) is 0 Å². The third-order valence-corrected chi connectivity index (χ3v) is 1.40. The molecule has 10 heavy (non-hydrogen) atoms. The van der Waals surface area contributed by atoms with Gasteiger partial charge in [0.15, 0.2) is 6.29 Å². The van der Waals surface area contributed by atoms with Crippen LogP contribution < -0.4 is 0 Å². The lowest BCUT2D eigenvalue weighted by Crippen LogP contribution is -2.30. The molecule has 2 heteroatoms. The summed E-state index contributed by atoms with van der Waals surface area (Å²) >= 11 is 0. The summed E-state index contributed by atoms with van der Waals surface area (Å²) in [5.74, 6) is 0. The van der Waals surface area contributed by atoms with Gasteiger partial charge < -0.3 is 9.53 Å². The zero-order valence-electron chi connectivity index (χ0n) is 6.72. The van der Waals surface area contributed by atoms with Crippen LogP contribution in [-0.4, -0.2) is 18.5 Å². The van der Waals surface area contributed by atoms with E-state index in [0.717, 1.165) is 12.7 Å². The Kier molecular flexibility index (Phi) is 4.28. The van der Waals surface area contributed by atoms with E-state index < -0.39 is 5.60 Å². The first-order valence-corrected chi connectivity index (χ1v) is 3.58. The molecule has 0 aromatic carbocycles. The largest absolute Gasteiger partial charge is 0.368 e. The Morgan fingerprint density at radius 1 is 1.70 bits per heavy atom. The summed E-state index contributed by atoms with van der Waals surface area (Å²) in [6, 6.07) is 0. The van der Waals surface area contributed by atoms with Crippen LogP contribution in [0.2, 0.25) is 0 Å². The molecule has 0 aromatic heterocycles. The Morgan fingerprint density at radius 2 is 2.30 bits per heavy atom. The maximum absolute atomic E-state index is 10.5. The fourth-order valence-corrected chi connectivity index (χ4v) is 0.846. The normalized spacial score (nSPS) is 16.3. The van der Waals surface area contributed by atoms with Crippen LogP contribution in [-0.2, 0) is 9.53 Å². The first kappa shape index (κ1) is 9.63. The Labute approximate surface area is 62.6 Å². The van der Waals surface area contributed by atoms with E-state index in [4.69, 9.17) is 4.74 Å². The second-order valence-electron chi connectivity index (χ2n) is 2.47. The molecule has 0 aliphatic heterocycles. The summed E-state index contributed by atoms with van der Waals surface area (Å²) in [5, 5.41) is 0. The molecule has 0 saturated heterocycles. The summed E-state index contributed by atoms with van der Waals surface area (Å²) in [6.45, 7) is 7.91. The van der Waals surface area contributed by atoms with Gasteiger partial charge in [0.25, 0.3) is 0 Å². The van der Waals surface area contributed by atoms with Gasteiger partial charge in [-0.3, -0.25) is 0 Å². The number of hydrogen-bond acceptors (Lipinski definition) is 2. The molecule has 0 amide bonds. The minimum Gasteiger partial charge on any atom is -0.368 e. The van der Waals surface area contributed by atoms with Crippen molar-refractivity contribution in [1.29, 1.82) is 0 Å². The van der Waals surface area contributed by atoms with Crippen LogP contribution in [0.4, 0.5) is 0 Å². The zero-order chi connectivity index (χ0) is 8.04. The smallest absolute Gasteiger partial charge is 0.151 e. The maximum Gasteiger partial charge on any atom is 0.151 e. The van der Waals surface area contributed by atoms with E-state index in [1.165, 1.54) is 0 Å². The highest BCUT2D eigenvalue weighted by atomic mass is 16.5. The molecule has 0 heterocycles. The van der Waals surface area contributed by atoms with E-state index >= 15 is 0 Å². The molecule has 0 saturated carbocycles. The van der Waals surface area contributed by atoms with E-state index in [0.29, 0.717) is 13.0 Å². The third kappa shape index (κ3) is 2.97. The summed E-state index contributed by atoms with van der Waals surface area (Å²) in [7, 11) is 0. The van der Waals surface area contributed by atoms with Crippen molar-refractivity contribution >= 4 is 6.29 Å². The molecule has 1 unspecified atom stereocenters. The monoisotopic (exact) mass is 143 g/mol. The fraction of sp³-hybridized carbons (Fsp3) is 0.750. The highest BCUT2D eigenvalue weighted by Gasteiger charge is 2.21. The standard InChI is InChI=1S/C8H15O2/c1-4-6-8(3,7-9)10-5-2/h7H,1,4-6H2,2-3H3. The van der Waals surface area contributed by atoms with Crippen LogP contribution in [0.15, 0.2) is 0 Å². The summed E-state index contributed by atoms with van der Waals surface area (Å²) in [4.78, 5) is 10.5. The van der Waals surface area contributed by atoms with Crippen LogP contribution in [0.5, 0.6) is 0 Å². The minimum atomic E-state index is -0.601. The summed E-state index contributed by atoms with van der Waals surface area (Å²) in [5.41, 5.74) is -0.601. The van der Waals surface area contributed by atoms with Crippen molar-refractivity contribution in [2.45, 2.75) is 32.3 Å². The molecule has 1 radical (unpaired) electrons. The van der Waals surface area contributed by atoms with Crippen LogP contribution in [0, 0.1) is 6.92 Å². The molecule has 0 aliphatic rings. The van der Waals surface area contributed by atoms with Gasteiger partial charge >= 0.3 is 0 Å². The Morgan fingerprint density at radius 3 is 2.60 bits per heavy atom. The van der Waals surface area contributed by atoms with Gasteiger partial charge in [-0.05, 0) is 20.3 Å². The van der Waals surface area contributed by atoms with Gasteiger partial charge in [-0.25, -0.2) is 0 Å². The van der Waals surface area contributed by atoms with Crippen LogP contribution in [0.3, 0.4) is 0 Å². The second-order valence-corrected chi connectivity index (χ2v) is 2.47. The number of hydrogen-bond donors (Lipinski definition) is 0. The molecular formula is C8H15O2. The van der Waals surface area contributed by atoms with Gasteiger partial charge in [0.05, 0.1) is 0 Å². The average molecular weight is 143 g/mol. The Hall–Kier alpha value is -0.370. The van der Waals surface area contributed by atoms with Crippen LogP contribution in [0.25, 0.3) is 0 Å². The van der Waals surface area contributed by atoms with Crippen molar-refractivity contribution in [2.24, 2.45) is 0 Å². The van der Waals surface area contributed by atoms with Crippen molar-refractivity contribution in [2.75, 3.05) is 6.61 Å². The highest BCUT2D eigenvalue weighted by molar-refractivity contribution is 5.61. The van der Waals surface area contributed by atoms with E-state index in [-0.39, 0.29) is 0 Å². The molecule has 59 valence electrons. The van der Waals surface area contributed by atoms with Gasteiger partial charge in [-0.15, -0.1) is 0 Å². The third-order valence-electron chi connectivity index (χ3n) is 1.40. The number of aldehydes is 1. The topological polar surface area (TPSA) is 26.3 Å². The lowest BCUT2D eigenvalue weighted by Gasteiger charge is -2.21. The molecule has 0 aromatic rings. The fourth-order valence-electron chi connectivity index (χ4n) is 0.846. The van der Waals surface area contributed by atoms with E-state index in [9.17, 15) is 4.79 Å². The van der Waals surface area contributed by atoms with E-state index in [2.05, 4.69) is 6.92 Å². The van der Waals surface area contributed by atoms with Gasteiger partial charge in [0.1, 0.15) is 5.60 Å². The molecule has 0 bridgehead atoms. The number of rotatable bonds is 5. The van der Waals surface area contributed by atoms with Crippen molar-refractivity contribution in [3.8, 4) is 0 Å². The van der Waals surface area contributed by atoms with E-state index in [1.807, 2.05) is 6.92 Å². The molecule has 0 aliphatic carbocycles. The SMILES string of the molecule is [CH2]CCC(C)(C=O)OCC. The highest BCUT2D eigenvalue weighted by Crippen LogP contribution is 2.13. The Balaban J connectivity index is 3.81. The summed E-state index contributed by atoms with van der Waals surface area (Å²) in [6.07, 6.45) is 2.28. The van der Waals surface area contributed by atoms with Gasteiger partial charge in [-0.1, -0.05) is 13.3 Å². The van der Waals surface area contributed by atoms with Gasteiger partial charge in [0, 0.05) is 6.61 Å². The number of carbonyl (C=O) groups is 1. The molecule has 2 nitrogen and oxygen atoms in total. The first-order chi connectivity index (χ1) is 4.68. The van der Waals surface area contributed by atoms with Gasteiger partial charge in [0.2, 0.25) is 0 Å². The van der Waals surface area contributed by atoms with Gasteiger partial charge in [-0.2, -0.15) is 0 Å². The maximum atomic E-state index is 10.5. The average Bonchev–Trinajstić information content (AvgIpc) is 1.89. The number of ether oxygens (including phenoxy) is 1. The summed E-state index contributed by atoms with van der Waals surface area (Å²) < 4.78 is 5.21. The lowest BCUT2D eigenvalue weighted by molar-refractivity contribution is -0.129. The Bertz CT molecular complexity index is 93.4. The molecule has 0 rings (SSSR count). The van der Waals surface area contributed by atoms with Crippen molar-refractivity contribution in [3.05, 3.63) is 6.92 Å². The zero-order valence-corrected chi connectivity index (χ0v) is 6.72. The first-order valence-electron chi connectivity index (χ1n) is 3.58. The quantitative estimate of drug-likeness (QED) is 0.546. The van der Waals surface area contributed by atoms with Crippen LogP contribution >= 0.6 is 0 Å². The number of carbonyl (C=O) groups excluding carboxylic acids is 1. The predicted molar refractivity (Wildman–Crippen MR) is 40.7 cm³/mol. The molecule has 0 N–H and O–H groups in total.